The zero-order valence-corrected chi connectivity index (χ0v) is 10.0. The first kappa shape index (κ1) is 10.9. The molecule has 0 atom stereocenters. The largest absolute Gasteiger partial charge is 0.467 e. The first-order chi connectivity index (χ1) is 8.86. The van der Waals surface area contributed by atoms with Crippen LogP contribution in [0, 0.1) is 11.3 Å². The molecule has 0 bridgehead atoms. The van der Waals surface area contributed by atoms with E-state index in [2.05, 4.69) is 11.0 Å². The van der Waals surface area contributed by atoms with Crippen molar-refractivity contribution < 1.29 is 4.42 Å². The third kappa shape index (κ3) is 2.23. The highest BCUT2D eigenvalue weighted by atomic mass is 16.3. The Morgan fingerprint density at radius 1 is 1.22 bits per heavy atom. The van der Waals surface area contributed by atoms with E-state index < -0.39 is 0 Å². The minimum absolute atomic E-state index is 0.614. The molecule has 3 rings (SSSR count). The van der Waals surface area contributed by atoms with Crippen molar-refractivity contribution in [2.24, 2.45) is 0 Å². The average Bonchev–Trinajstić information content (AvgIpc) is 3.13. The van der Waals surface area contributed by atoms with Crippen molar-refractivity contribution in [3.05, 3.63) is 54.0 Å². The lowest BCUT2D eigenvalue weighted by Crippen LogP contribution is -2.24. The number of hydrogen-bond donors (Lipinski definition) is 0. The maximum absolute atomic E-state index is 8.82. The molecule has 1 heterocycles. The highest BCUT2D eigenvalue weighted by Gasteiger charge is 2.29. The lowest BCUT2D eigenvalue weighted by molar-refractivity contribution is 0.501. The molecule has 0 N–H and O–H groups in total. The van der Waals surface area contributed by atoms with E-state index in [1.807, 2.05) is 36.4 Å². The van der Waals surface area contributed by atoms with E-state index in [0.29, 0.717) is 11.6 Å². The molecule has 90 valence electrons. The Hall–Kier alpha value is -2.21. The Morgan fingerprint density at radius 2 is 2.00 bits per heavy atom. The van der Waals surface area contributed by atoms with Gasteiger partial charge in [0.1, 0.15) is 5.76 Å². The van der Waals surface area contributed by atoms with Crippen LogP contribution >= 0.6 is 0 Å². The summed E-state index contributed by atoms with van der Waals surface area (Å²) < 4.78 is 5.41. The van der Waals surface area contributed by atoms with E-state index in [9.17, 15) is 0 Å². The highest BCUT2D eigenvalue weighted by Crippen LogP contribution is 2.33. The number of nitrogens with zero attached hydrogens (tertiary/aromatic N) is 2. The molecular formula is C15H14N2O. The van der Waals surface area contributed by atoms with Crippen molar-refractivity contribution in [1.29, 1.82) is 5.26 Å². The highest BCUT2D eigenvalue weighted by molar-refractivity contribution is 5.51. The van der Waals surface area contributed by atoms with Gasteiger partial charge in [0.05, 0.1) is 24.4 Å². The first-order valence-corrected chi connectivity index (χ1v) is 6.16. The number of nitriles is 1. The summed E-state index contributed by atoms with van der Waals surface area (Å²) in [4.78, 5) is 2.35. The van der Waals surface area contributed by atoms with Crippen LogP contribution in [0.4, 0.5) is 5.69 Å². The average molecular weight is 238 g/mol. The second-order valence-corrected chi connectivity index (χ2v) is 4.60. The number of hydrogen-bond acceptors (Lipinski definition) is 3. The summed E-state index contributed by atoms with van der Waals surface area (Å²) in [7, 11) is 0. The molecule has 0 unspecified atom stereocenters. The summed E-state index contributed by atoms with van der Waals surface area (Å²) >= 11 is 0. The second kappa shape index (κ2) is 4.58. The van der Waals surface area contributed by atoms with Gasteiger partial charge >= 0.3 is 0 Å². The molecule has 3 nitrogen and oxygen atoms in total. The third-order valence-electron chi connectivity index (χ3n) is 3.22. The van der Waals surface area contributed by atoms with Crippen molar-refractivity contribution in [3.63, 3.8) is 0 Å². The van der Waals surface area contributed by atoms with Gasteiger partial charge in [-0.1, -0.05) is 0 Å². The Kier molecular flexibility index (Phi) is 2.77. The van der Waals surface area contributed by atoms with E-state index in [1.54, 1.807) is 6.26 Å². The fourth-order valence-corrected chi connectivity index (χ4v) is 2.12. The van der Waals surface area contributed by atoms with Crippen LogP contribution in [0.5, 0.6) is 0 Å². The zero-order chi connectivity index (χ0) is 12.4. The molecule has 2 aromatic rings. The van der Waals surface area contributed by atoms with Crippen molar-refractivity contribution in [3.8, 4) is 6.07 Å². The van der Waals surface area contributed by atoms with Crippen molar-refractivity contribution in [1.82, 2.24) is 0 Å². The molecular weight excluding hydrogens is 224 g/mol. The summed E-state index contributed by atoms with van der Waals surface area (Å²) in [6, 6.07) is 14.4. The van der Waals surface area contributed by atoms with E-state index in [0.717, 1.165) is 18.0 Å². The molecule has 0 radical (unpaired) electrons. The molecule has 1 fully saturated rings. The van der Waals surface area contributed by atoms with Gasteiger partial charge in [-0.3, -0.25) is 0 Å². The number of furan rings is 1. The van der Waals surface area contributed by atoms with Gasteiger partial charge in [-0.15, -0.1) is 0 Å². The predicted molar refractivity (Wildman–Crippen MR) is 69.1 cm³/mol. The van der Waals surface area contributed by atoms with Gasteiger partial charge in [-0.25, -0.2) is 0 Å². The zero-order valence-electron chi connectivity index (χ0n) is 10.0. The van der Waals surface area contributed by atoms with E-state index in [1.165, 1.54) is 12.8 Å². The molecule has 1 saturated carbocycles. The molecule has 0 aliphatic heterocycles. The van der Waals surface area contributed by atoms with Gasteiger partial charge in [0, 0.05) is 11.7 Å². The molecule has 1 aliphatic carbocycles. The van der Waals surface area contributed by atoms with Gasteiger partial charge in [0.25, 0.3) is 0 Å². The van der Waals surface area contributed by atoms with Gasteiger partial charge in [0.15, 0.2) is 0 Å². The molecule has 0 amide bonds. The minimum Gasteiger partial charge on any atom is -0.467 e. The van der Waals surface area contributed by atoms with Crippen LogP contribution < -0.4 is 4.90 Å². The standard InChI is InChI=1S/C15H14N2O/c16-10-12-3-5-13(6-4-12)17(14-7-8-14)11-15-2-1-9-18-15/h1-6,9,14H,7-8,11H2. The molecule has 1 aromatic heterocycles. The monoisotopic (exact) mass is 238 g/mol. The van der Waals surface area contributed by atoms with Crippen molar-refractivity contribution in [2.45, 2.75) is 25.4 Å². The van der Waals surface area contributed by atoms with Crippen LogP contribution in [-0.4, -0.2) is 6.04 Å². The smallest absolute Gasteiger partial charge is 0.123 e. The fourth-order valence-electron chi connectivity index (χ4n) is 2.12. The number of benzene rings is 1. The Morgan fingerprint density at radius 3 is 2.56 bits per heavy atom. The second-order valence-electron chi connectivity index (χ2n) is 4.60. The number of rotatable bonds is 4. The summed E-state index contributed by atoms with van der Waals surface area (Å²) in [6.07, 6.45) is 4.18. The quantitative estimate of drug-likeness (QED) is 0.820. The Bertz CT molecular complexity index is 547. The topological polar surface area (TPSA) is 40.2 Å². The lowest BCUT2D eigenvalue weighted by Gasteiger charge is -2.23. The SMILES string of the molecule is N#Cc1ccc(N(Cc2ccco2)C2CC2)cc1. The fraction of sp³-hybridized carbons (Fsp3) is 0.267. The Balaban J connectivity index is 1.82. The van der Waals surface area contributed by atoms with Crippen LogP contribution in [0.1, 0.15) is 24.2 Å². The van der Waals surface area contributed by atoms with Crippen molar-refractivity contribution in [2.75, 3.05) is 4.90 Å². The maximum Gasteiger partial charge on any atom is 0.123 e. The molecule has 0 spiro atoms. The maximum atomic E-state index is 8.82. The lowest BCUT2D eigenvalue weighted by atomic mass is 10.2. The van der Waals surface area contributed by atoms with Gasteiger partial charge < -0.3 is 9.32 Å². The van der Waals surface area contributed by atoms with Crippen LogP contribution in [-0.2, 0) is 6.54 Å². The summed E-state index contributed by atoms with van der Waals surface area (Å²) in [5.41, 5.74) is 1.86. The summed E-state index contributed by atoms with van der Waals surface area (Å²) in [5.74, 6) is 0.978. The van der Waals surface area contributed by atoms with E-state index in [4.69, 9.17) is 9.68 Å². The van der Waals surface area contributed by atoms with E-state index >= 15 is 0 Å². The number of anilines is 1. The molecule has 3 heteroatoms. The van der Waals surface area contributed by atoms with Gasteiger partial charge in [-0.05, 0) is 49.2 Å². The Labute approximate surface area is 106 Å². The first-order valence-electron chi connectivity index (χ1n) is 6.16. The van der Waals surface area contributed by atoms with Crippen LogP contribution in [0.2, 0.25) is 0 Å². The van der Waals surface area contributed by atoms with Crippen LogP contribution in [0.25, 0.3) is 0 Å². The normalized spacial score (nSPS) is 14.2. The minimum atomic E-state index is 0.614. The summed E-state index contributed by atoms with van der Waals surface area (Å²) in [6.45, 7) is 0.795. The van der Waals surface area contributed by atoms with E-state index in [-0.39, 0.29) is 0 Å². The van der Waals surface area contributed by atoms with Crippen LogP contribution in [0.3, 0.4) is 0 Å². The van der Waals surface area contributed by atoms with Gasteiger partial charge in [-0.2, -0.15) is 5.26 Å². The third-order valence-corrected chi connectivity index (χ3v) is 3.22. The summed E-state index contributed by atoms with van der Waals surface area (Å²) in [5, 5.41) is 8.82. The van der Waals surface area contributed by atoms with Crippen LogP contribution in [0.15, 0.2) is 47.1 Å². The molecule has 18 heavy (non-hydrogen) atoms. The predicted octanol–water partition coefficient (Wildman–Crippen LogP) is 3.32. The molecule has 1 aromatic carbocycles. The van der Waals surface area contributed by atoms with Crippen molar-refractivity contribution >= 4 is 5.69 Å². The molecule has 0 saturated heterocycles. The molecule has 1 aliphatic rings. The van der Waals surface area contributed by atoms with Gasteiger partial charge in [0.2, 0.25) is 0 Å².